The standard InChI is InChI=1S/C5H8N4/c1-9-3-2-4(6)8-5(9)7/h2-3H,1H3,(H3,6,7,8)/p+1. The predicted molar refractivity (Wildman–Crippen MR) is 34.2 cm³/mol. The largest absolute Gasteiger partial charge is 0.391 e. The molecule has 9 heavy (non-hydrogen) atoms. The van der Waals surface area contributed by atoms with E-state index in [1.54, 1.807) is 16.8 Å². The second-order valence-corrected chi connectivity index (χ2v) is 1.82. The van der Waals surface area contributed by atoms with Gasteiger partial charge < -0.3 is 5.73 Å². The third kappa shape index (κ3) is 1.07. The first-order valence-corrected chi connectivity index (χ1v) is 2.58. The molecule has 0 radical (unpaired) electrons. The molecular weight excluding hydrogens is 116 g/mol. The number of nitrogens with two attached hydrogens (primary N) is 2. The average molecular weight is 125 g/mol. The van der Waals surface area contributed by atoms with Crippen LogP contribution in [0.2, 0.25) is 0 Å². The number of nitrogens with zero attached hydrogens (tertiary/aromatic N) is 2. The molecule has 0 saturated heterocycles. The summed E-state index contributed by atoms with van der Waals surface area (Å²) in [7, 11) is 1.81. The number of aryl methyl sites for hydroxylation is 1. The fourth-order valence-corrected chi connectivity index (χ4v) is 0.513. The molecule has 0 spiro atoms. The maximum Gasteiger partial charge on any atom is 0.391 e. The van der Waals surface area contributed by atoms with Crippen molar-refractivity contribution >= 4 is 11.8 Å². The molecule has 0 saturated carbocycles. The van der Waals surface area contributed by atoms with Crippen molar-refractivity contribution in [3.8, 4) is 0 Å². The maximum absolute atomic E-state index is 5.39. The van der Waals surface area contributed by atoms with E-state index < -0.39 is 0 Å². The molecule has 0 aliphatic rings. The van der Waals surface area contributed by atoms with Crippen LogP contribution >= 0.6 is 0 Å². The predicted octanol–water partition coefficient (Wildman–Crippen LogP) is -0.929. The SMILES string of the molecule is C[n+]1ccc(N)nc1N. The second-order valence-electron chi connectivity index (χ2n) is 1.82. The third-order valence-corrected chi connectivity index (χ3v) is 1.07. The van der Waals surface area contributed by atoms with Gasteiger partial charge in [-0.15, -0.1) is 0 Å². The van der Waals surface area contributed by atoms with Crippen molar-refractivity contribution in [3.05, 3.63) is 12.3 Å². The quantitative estimate of drug-likeness (QED) is 0.440. The summed E-state index contributed by atoms with van der Waals surface area (Å²) in [6.07, 6.45) is 1.76. The lowest BCUT2D eigenvalue weighted by atomic mass is 10.6. The van der Waals surface area contributed by atoms with Crippen molar-refractivity contribution in [2.75, 3.05) is 11.5 Å². The number of aromatic nitrogens is 2. The molecule has 4 nitrogen and oxygen atoms in total. The van der Waals surface area contributed by atoms with Crippen molar-refractivity contribution in [1.29, 1.82) is 0 Å². The summed E-state index contributed by atoms with van der Waals surface area (Å²) in [6.45, 7) is 0. The van der Waals surface area contributed by atoms with Gasteiger partial charge in [0.1, 0.15) is 0 Å². The van der Waals surface area contributed by atoms with Crippen LogP contribution in [0.1, 0.15) is 0 Å². The van der Waals surface area contributed by atoms with Gasteiger partial charge in [-0.2, -0.15) is 0 Å². The van der Waals surface area contributed by atoms with Gasteiger partial charge in [-0.05, 0) is 0 Å². The first kappa shape index (κ1) is 5.81. The van der Waals surface area contributed by atoms with Crippen LogP contribution in [0, 0.1) is 0 Å². The van der Waals surface area contributed by atoms with E-state index in [-0.39, 0.29) is 0 Å². The van der Waals surface area contributed by atoms with E-state index in [2.05, 4.69) is 4.98 Å². The molecule has 1 aromatic heterocycles. The maximum atomic E-state index is 5.39. The van der Waals surface area contributed by atoms with Crippen molar-refractivity contribution in [2.45, 2.75) is 0 Å². The van der Waals surface area contributed by atoms with E-state index in [0.29, 0.717) is 11.8 Å². The lowest BCUT2D eigenvalue weighted by Gasteiger charge is -1.91. The summed E-state index contributed by atoms with van der Waals surface area (Å²) in [6, 6.07) is 1.69. The molecule has 0 unspecified atom stereocenters. The molecule has 0 fully saturated rings. The molecule has 1 heterocycles. The molecule has 0 amide bonds. The van der Waals surface area contributed by atoms with Crippen molar-refractivity contribution < 1.29 is 4.57 Å². The van der Waals surface area contributed by atoms with Crippen molar-refractivity contribution in [2.24, 2.45) is 7.05 Å². The summed E-state index contributed by atoms with van der Waals surface area (Å²) >= 11 is 0. The Morgan fingerprint density at radius 3 is 2.67 bits per heavy atom. The molecule has 4 N–H and O–H groups in total. The molecule has 0 bridgehead atoms. The van der Waals surface area contributed by atoms with Gasteiger partial charge in [0.05, 0.1) is 13.2 Å². The minimum atomic E-state index is 0.426. The highest BCUT2D eigenvalue weighted by Gasteiger charge is 2.00. The average Bonchev–Trinajstić information content (AvgIpc) is 1.80. The topological polar surface area (TPSA) is 68.8 Å². The van der Waals surface area contributed by atoms with Crippen LogP contribution in [0.4, 0.5) is 11.8 Å². The Bertz CT molecular complexity index is 220. The van der Waals surface area contributed by atoms with Crippen LogP contribution in [-0.2, 0) is 7.05 Å². The van der Waals surface area contributed by atoms with Gasteiger partial charge in [0.25, 0.3) is 0 Å². The van der Waals surface area contributed by atoms with Gasteiger partial charge in [0.2, 0.25) is 5.82 Å². The van der Waals surface area contributed by atoms with Gasteiger partial charge in [-0.3, -0.25) is 5.73 Å². The molecule has 0 aliphatic carbocycles. The van der Waals surface area contributed by atoms with Crippen LogP contribution in [-0.4, -0.2) is 4.98 Å². The molecule has 4 heteroatoms. The van der Waals surface area contributed by atoms with E-state index in [4.69, 9.17) is 11.5 Å². The minimum Gasteiger partial charge on any atom is -0.370 e. The van der Waals surface area contributed by atoms with Gasteiger partial charge in [-0.1, -0.05) is 4.98 Å². The Morgan fingerprint density at radius 2 is 2.22 bits per heavy atom. The lowest BCUT2D eigenvalue weighted by Crippen LogP contribution is -2.32. The smallest absolute Gasteiger partial charge is 0.370 e. The number of rotatable bonds is 0. The van der Waals surface area contributed by atoms with Crippen molar-refractivity contribution in [1.82, 2.24) is 4.98 Å². The number of anilines is 2. The molecule has 0 aliphatic heterocycles. The summed E-state index contributed by atoms with van der Waals surface area (Å²) in [5.74, 6) is 0.876. The minimum absolute atomic E-state index is 0.426. The molecule has 0 aromatic carbocycles. The van der Waals surface area contributed by atoms with Crippen molar-refractivity contribution in [3.63, 3.8) is 0 Å². The lowest BCUT2D eigenvalue weighted by molar-refractivity contribution is -0.659. The summed E-state index contributed by atoms with van der Waals surface area (Å²) in [4.78, 5) is 3.79. The number of hydrogen-bond acceptors (Lipinski definition) is 3. The monoisotopic (exact) mass is 125 g/mol. The Balaban J connectivity index is 3.17. The zero-order valence-corrected chi connectivity index (χ0v) is 5.20. The van der Waals surface area contributed by atoms with Crippen LogP contribution in [0.3, 0.4) is 0 Å². The van der Waals surface area contributed by atoms with Crippen LogP contribution in [0.25, 0.3) is 0 Å². The highest BCUT2D eigenvalue weighted by atomic mass is 15.1. The van der Waals surface area contributed by atoms with Gasteiger partial charge in [-0.25, -0.2) is 4.57 Å². The third-order valence-electron chi connectivity index (χ3n) is 1.07. The van der Waals surface area contributed by atoms with Gasteiger partial charge in [0.15, 0.2) is 0 Å². The second kappa shape index (κ2) is 1.89. The first-order chi connectivity index (χ1) is 4.20. The molecule has 48 valence electrons. The van der Waals surface area contributed by atoms with Crippen LogP contribution in [0.15, 0.2) is 12.3 Å². The molecule has 1 rings (SSSR count). The van der Waals surface area contributed by atoms with E-state index >= 15 is 0 Å². The first-order valence-electron chi connectivity index (χ1n) is 2.58. The van der Waals surface area contributed by atoms with Crippen LogP contribution < -0.4 is 16.0 Å². The van der Waals surface area contributed by atoms with E-state index in [9.17, 15) is 0 Å². The Morgan fingerprint density at radius 1 is 1.56 bits per heavy atom. The summed E-state index contributed by atoms with van der Waals surface area (Å²) < 4.78 is 1.69. The van der Waals surface area contributed by atoms with E-state index in [1.165, 1.54) is 0 Å². The molecular formula is C5H9N4+. The van der Waals surface area contributed by atoms with Gasteiger partial charge in [0, 0.05) is 6.07 Å². The van der Waals surface area contributed by atoms with E-state index in [1.807, 2.05) is 7.05 Å². The Labute approximate surface area is 53.1 Å². The number of hydrogen-bond donors (Lipinski definition) is 2. The highest BCUT2D eigenvalue weighted by Crippen LogP contribution is 1.92. The van der Waals surface area contributed by atoms with Gasteiger partial charge >= 0.3 is 5.95 Å². The summed E-state index contributed by atoms with van der Waals surface area (Å²) in [5.41, 5.74) is 10.7. The molecule has 1 aromatic rings. The molecule has 0 atom stereocenters. The Kier molecular flexibility index (Phi) is 1.22. The van der Waals surface area contributed by atoms with Crippen LogP contribution in [0.5, 0.6) is 0 Å². The Hall–Kier alpha value is -1.32. The van der Waals surface area contributed by atoms with E-state index in [0.717, 1.165) is 0 Å². The fourth-order valence-electron chi connectivity index (χ4n) is 0.513. The zero-order valence-electron chi connectivity index (χ0n) is 5.20. The number of nitrogen functional groups attached to an aromatic ring is 2. The normalized spacial score (nSPS) is 9.44. The summed E-state index contributed by atoms with van der Waals surface area (Å²) in [5, 5.41) is 0. The fraction of sp³-hybridized carbons (Fsp3) is 0.200. The highest BCUT2D eigenvalue weighted by molar-refractivity contribution is 5.27. The zero-order chi connectivity index (χ0) is 6.85.